The molecule has 0 aliphatic heterocycles. The van der Waals surface area contributed by atoms with Crippen LogP contribution in [0.4, 0.5) is 13.2 Å². The molecule has 0 aromatic carbocycles. The summed E-state index contributed by atoms with van der Waals surface area (Å²) >= 11 is 12.4. The fourth-order valence-electron chi connectivity index (χ4n) is 1.23. The van der Waals surface area contributed by atoms with Gasteiger partial charge in [-0.15, -0.1) is 0 Å². The largest absolute Gasteiger partial charge is 0.416 e. The van der Waals surface area contributed by atoms with Gasteiger partial charge in [-0.05, 0) is 36.0 Å². The Bertz CT molecular complexity index is 605. The van der Waals surface area contributed by atoms with E-state index in [-0.39, 0.29) is 10.2 Å². The third kappa shape index (κ3) is 3.75. The van der Waals surface area contributed by atoms with Crippen LogP contribution in [-0.4, -0.2) is 9.97 Å². The van der Waals surface area contributed by atoms with Gasteiger partial charge in [0.2, 0.25) is 0 Å². The first-order valence-corrected chi connectivity index (χ1v) is 6.46. The predicted molar refractivity (Wildman–Crippen MR) is 67.6 cm³/mol. The van der Waals surface area contributed by atoms with Crippen molar-refractivity contribution in [3.63, 3.8) is 0 Å². The van der Waals surface area contributed by atoms with Gasteiger partial charge >= 0.3 is 6.18 Å². The number of nitrogens with zero attached hydrogens (tertiary/aromatic N) is 2. The average molecular weight is 325 g/mol. The van der Waals surface area contributed by atoms with Crippen LogP contribution in [0.1, 0.15) is 5.56 Å². The second-order valence-corrected chi connectivity index (χ2v) is 5.21. The predicted octanol–water partition coefficient (Wildman–Crippen LogP) is 4.95. The van der Waals surface area contributed by atoms with Crippen LogP contribution >= 0.6 is 35.0 Å². The molecule has 0 unspecified atom stereocenters. The van der Waals surface area contributed by atoms with E-state index in [4.69, 9.17) is 23.2 Å². The van der Waals surface area contributed by atoms with E-state index in [1.807, 2.05) is 0 Å². The number of hydrogen-bond donors (Lipinski definition) is 0. The molecule has 0 fully saturated rings. The van der Waals surface area contributed by atoms with Gasteiger partial charge in [0.15, 0.2) is 0 Å². The van der Waals surface area contributed by atoms with Crippen LogP contribution < -0.4 is 0 Å². The lowest BCUT2D eigenvalue weighted by atomic mass is 10.3. The summed E-state index contributed by atoms with van der Waals surface area (Å²) in [4.78, 5) is 7.78. The lowest BCUT2D eigenvalue weighted by Crippen LogP contribution is -2.05. The van der Waals surface area contributed by atoms with Gasteiger partial charge < -0.3 is 0 Å². The third-order valence-corrected chi connectivity index (χ3v) is 3.57. The molecular weight excluding hydrogens is 320 g/mol. The number of rotatable bonds is 2. The number of halogens is 5. The normalized spacial score (nSPS) is 11.6. The molecule has 19 heavy (non-hydrogen) atoms. The zero-order chi connectivity index (χ0) is 14.0. The molecule has 0 N–H and O–H groups in total. The highest BCUT2D eigenvalue weighted by molar-refractivity contribution is 7.99. The Kier molecular flexibility index (Phi) is 4.23. The number of pyridine rings is 2. The molecule has 2 heterocycles. The maximum atomic E-state index is 12.6. The molecule has 0 radical (unpaired) electrons. The molecule has 0 saturated carbocycles. The minimum atomic E-state index is -4.48. The van der Waals surface area contributed by atoms with E-state index < -0.39 is 11.7 Å². The Morgan fingerprint density at radius 1 is 1.16 bits per heavy atom. The molecule has 0 bridgehead atoms. The summed E-state index contributed by atoms with van der Waals surface area (Å²) in [7, 11) is 0. The first-order chi connectivity index (χ1) is 8.86. The molecule has 0 saturated heterocycles. The molecule has 2 aromatic rings. The zero-order valence-electron chi connectivity index (χ0n) is 9.08. The van der Waals surface area contributed by atoms with Crippen LogP contribution in [0.25, 0.3) is 0 Å². The Hall–Kier alpha value is -0.980. The highest BCUT2D eigenvalue weighted by Crippen LogP contribution is 2.36. The second kappa shape index (κ2) is 5.56. The van der Waals surface area contributed by atoms with E-state index in [9.17, 15) is 13.2 Å². The van der Waals surface area contributed by atoms with Crippen molar-refractivity contribution in [2.45, 2.75) is 16.2 Å². The van der Waals surface area contributed by atoms with Crippen LogP contribution in [0.3, 0.4) is 0 Å². The van der Waals surface area contributed by atoms with Gasteiger partial charge in [-0.2, -0.15) is 13.2 Å². The Morgan fingerprint density at radius 2 is 1.89 bits per heavy atom. The Balaban J connectivity index is 2.36. The van der Waals surface area contributed by atoms with Crippen molar-refractivity contribution in [2.75, 3.05) is 0 Å². The third-order valence-electron chi connectivity index (χ3n) is 2.02. The van der Waals surface area contributed by atoms with Crippen LogP contribution in [0.2, 0.25) is 10.2 Å². The van der Waals surface area contributed by atoms with Gasteiger partial charge in [-0.1, -0.05) is 23.2 Å². The first-order valence-electron chi connectivity index (χ1n) is 4.89. The van der Waals surface area contributed by atoms with Crippen LogP contribution in [0.5, 0.6) is 0 Å². The minimum Gasteiger partial charge on any atom is -0.248 e. The van der Waals surface area contributed by atoms with E-state index in [2.05, 4.69) is 9.97 Å². The molecular formula is C11H5Cl2F3N2S. The lowest BCUT2D eigenvalue weighted by Gasteiger charge is -2.09. The molecule has 0 atom stereocenters. The van der Waals surface area contributed by atoms with Gasteiger partial charge in [0, 0.05) is 6.20 Å². The first kappa shape index (κ1) is 14.4. The Labute approximate surface area is 121 Å². The van der Waals surface area contributed by atoms with Crippen molar-refractivity contribution >= 4 is 35.0 Å². The second-order valence-electron chi connectivity index (χ2n) is 3.41. The smallest absolute Gasteiger partial charge is 0.248 e. The van der Waals surface area contributed by atoms with Gasteiger partial charge in [0.1, 0.15) is 15.2 Å². The molecule has 2 rings (SSSR count). The van der Waals surface area contributed by atoms with Crippen molar-refractivity contribution in [3.8, 4) is 0 Å². The van der Waals surface area contributed by atoms with E-state index in [1.165, 1.54) is 6.20 Å². The van der Waals surface area contributed by atoms with E-state index in [0.717, 1.165) is 23.9 Å². The standard InChI is InChI=1S/C11H5Cl2F3N2S/c12-7-2-1-3-17-10(7)19-9-5-6(11(14,15)16)4-8(13)18-9/h1-5H. The zero-order valence-corrected chi connectivity index (χ0v) is 11.4. The number of hydrogen-bond acceptors (Lipinski definition) is 3. The summed E-state index contributed by atoms with van der Waals surface area (Å²) in [6, 6.07) is 4.89. The van der Waals surface area contributed by atoms with E-state index in [1.54, 1.807) is 12.1 Å². The summed E-state index contributed by atoms with van der Waals surface area (Å²) in [5.74, 6) is 0. The SMILES string of the molecule is FC(F)(F)c1cc(Cl)nc(Sc2ncccc2Cl)c1. The minimum absolute atomic E-state index is 0.0837. The fourth-order valence-corrected chi connectivity index (χ4v) is 2.54. The average Bonchev–Trinajstić information content (AvgIpc) is 2.30. The monoisotopic (exact) mass is 324 g/mol. The highest BCUT2D eigenvalue weighted by Gasteiger charge is 2.31. The molecule has 0 amide bonds. The van der Waals surface area contributed by atoms with Crippen LogP contribution in [0.15, 0.2) is 40.5 Å². The topological polar surface area (TPSA) is 25.8 Å². The number of alkyl halides is 3. The highest BCUT2D eigenvalue weighted by atomic mass is 35.5. The summed E-state index contributed by atoms with van der Waals surface area (Å²) in [5, 5.41) is 0.555. The maximum absolute atomic E-state index is 12.6. The van der Waals surface area contributed by atoms with E-state index >= 15 is 0 Å². The fraction of sp³-hybridized carbons (Fsp3) is 0.0909. The van der Waals surface area contributed by atoms with Gasteiger partial charge in [0.25, 0.3) is 0 Å². The molecule has 0 spiro atoms. The summed E-state index contributed by atoms with van der Waals surface area (Å²) in [5.41, 5.74) is -0.859. The molecule has 0 aliphatic carbocycles. The molecule has 2 nitrogen and oxygen atoms in total. The van der Waals surface area contributed by atoms with Gasteiger partial charge in [0.05, 0.1) is 10.6 Å². The van der Waals surface area contributed by atoms with Crippen molar-refractivity contribution < 1.29 is 13.2 Å². The van der Waals surface area contributed by atoms with Gasteiger partial charge in [-0.25, -0.2) is 9.97 Å². The maximum Gasteiger partial charge on any atom is 0.416 e. The molecule has 2 aromatic heterocycles. The van der Waals surface area contributed by atoms with Crippen molar-refractivity contribution in [1.82, 2.24) is 9.97 Å². The van der Waals surface area contributed by atoms with Crippen molar-refractivity contribution in [1.29, 1.82) is 0 Å². The summed E-state index contributed by atoms with van der Waals surface area (Å²) in [6.07, 6.45) is -2.99. The van der Waals surface area contributed by atoms with E-state index in [0.29, 0.717) is 10.0 Å². The van der Waals surface area contributed by atoms with Crippen LogP contribution in [-0.2, 0) is 6.18 Å². The lowest BCUT2D eigenvalue weighted by molar-refractivity contribution is -0.137. The molecule has 100 valence electrons. The van der Waals surface area contributed by atoms with Crippen molar-refractivity contribution in [2.24, 2.45) is 0 Å². The quantitative estimate of drug-likeness (QED) is 0.731. The van der Waals surface area contributed by atoms with Gasteiger partial charge in [-0.3, -0.25) is 0 Å². The van der Waals surface area contributed by atoms with Crippen LogP contribution in [0, 0.1) is 0 Å². The molecule has 0 aliphatic rings. The summed E-state index contributed by atoms with van der Waals surface area (Å²) in [6.45, 7) is 0. The number of aromatic nitrogens is 2. The summed E-state index contributed by atoms with van der Waals surface area (Å²) < 4.78 is 37.9. The molecule has 8 heteroatoms. The Morgan fingerprint density at radius 3 is 2.53 bits per heavy atom. The van der Waals surface area contributed by atoms with Crippen molar-refractivity contribution in [3.05, 3.63) is 46.2 Å².